The first-order chi connectivity index (χ1) is 8.99. The van der Waals surface area contributed by atoms with Gasteiger partial charge in [0.05, 0.1) is 11.6 Å². The van der Waals surface area contributed by atoms with Gasteiger partial charge in [0, 0.05) is 21.8 Å². The Morgan fingerprint density at radius 3 is 2.74 bits per heavy atom. The number of hydrogen-bond acceptors (Lipinski definition) is 2. The van der Waals surface area contributed by atoms with Gasteiger partial charge in [-0.2, -0.15) is 0 Å². The number of aryl methyl sites for hydroxylation is 1. The predicted molar refractivity (Wildman–Crippen MR) is 78.9 cm³/mol. The zero-order valence-corrected chi connectivity index (χ0v) is 12.5. The molecule has 0 aliphatic carbocycles. The van der Waals surface area contributed by atoms with Crippen molar-refractivity contribution in [3.63, 3.8) is 0 Å². The minimum Gasteiger partial charge on any atom is -0.306 e. The molecule has 19 heavy (non-hydrogen) atoms. The normalized spacial score (nSPS) is 10.5. The number of Topliss-reactive ketones (excluding diaryl/α,β-unsaturated/α-hetero) is 1. The third-order valence-corrected chi connectivity index (χ3v) is 3.48. The Morgan fingerprint density at radius 1 is 1.37 bits per heavy atom. The second kappa shape index (κ2) is 5.72. The molecule has 1 aromatic heterocycles. The highest BCUT2D eigenvalue weighted by atomic mass is 79.9. The van der Waals surface area contributed by atoms with Crippen molar-refractivity contribution in [1.29, 1.82) is 0 Å². The van der Waals surface area contributed by atoms with Gasteiger partial charge < -0.3 is 4.57 Å². The molecule has 0 bridgehead atoms. The standard InChI is InChI=1S/C14H11BrClNO2/c1-9-6-10(15)7-17(14(9)19)8-13(18)11-4-2-3-5-12(11)16/h2-7H,8H2,1H3. The summed E-state index contributed by atoms with van der Waals surface area (Å²) in [5, 5.41) is 0.396. The van der Waals surface area contributed by atoms with Crippen LogP contribution >= 0.6 is 27.5 Å². The van der Waals surface area contributed by atoms with Crippen molar-refractivity contribution in [3.8, 4) is 0 Å². The quantitative estimate of drug-likeness (QED) is 0.803. The van der Waals surface area contributed by atoms with E-state index < -0.39 is 0 Å². The number of hydrogen-bond donors (Lipinski definition) is 0. The molecule has 0 fully saturated rings. The van der Waals surface area contributed by atoms with E-state index in [1.807, 2.05) is 0 Å². The van der Waals surface area contributed by atoms with Gasteiger partial charge >= 0.3 is 0 Å². The van der Waals surface area contributed by atoms with Crippen molar-refractivity contribution in [1.82, 2.24) is 4.57 Å². The first-order valence-corrected chi connectivity index (χ1v) is 6.80. The fourth-order valence-electron chi connectivity index (χ4n) is 1.78. The molecule has 0 aliphatic rings. The highest BCUT2D eigenvalue weighted by molar-refractivity contribution is 9.10. The highest BCUT2D eigenvalue weighted by Crippen LogP contribution is 2.16. The minimum atomic E-state index is -0.190. The Kier molecular flexibility index (Phi) is 4.22. The summed E-state index contributed by atoms with van der Waals surface area (Å²) in [4.78, 5) is 24.1. The summed E-state index contributed by atoms with van der Waals surface area (Å²) in [7, 11) is 0. The fourth-order valence-corrected chi connectivity index (χ4v) is 2.62. The van der Waals surface area contributed by atoms with Crippen molar-refractivity contribution < 1.29 is 4.79 Å². The molecule has 1 aromatic carbocycles. The van der Waals surface area contributed by atoms with E-state index >= 15 is 0 Å². The SMILES string of the molecule is Cc1cc(Br)cn(CC(=O)c2ccccc2Cl)c1=O. The topological polar surface area (TPSA) is 39.1 Å². The number of benzene rings is 1. The Hall–Kier alpha value is -1.39. The van der Waals surface area contributed by atoms with Gasteiger partial charge in [0.2, 0.25) is 0 Å². The minimum absolute atomic E-state index is 0.0250. The molecule has 0 N–H and O–H groups in total. The number of halogens is 2. The van der Waals surface area contributed by atoms with Crippen LogP contribution in [-0.4, -0.2) is 10.4 Å². The molecule has 0 saturated heterocycles. The number of nitrogens with zero attached hydrogens (tertiary/aromatic N) is 1. The molecule has 2 rings (SSSR count). The maximum atomic E-state index is 12.2. The van der Waals surface area contributed by atoms with Crippen LogP contribution in [-0.2, 0) is 6.54 Å². The van der Waals surface area contributed by atoms with E-state index in [1.54, 1.807) is 43.5 Å². The van der Waals surface area contributed by atoms with E-state index in [9.17, 15) is 9.59 Å². The van der Waals surface area contributed by atoms with Crippen LogP contribution in [0.5, 0.6) is 0 Å². The van der Waals surface area contributed by atoms with Crippen molar-refractivity contribution in [2.45, 2.75) is 13.5 Å². The van der Waals surface area contributed by atoms with Gasteiger partial charge in [0.25, 0.3) is 5.56 Å². The summed E-state index contributed by atoms with van der Waals surface area (Å²) >= 11 is 9.28. The molecule has 0 atom stereocenters. The number of pyridine rings is 1. The number of carbonyl (C=O) groups excluding carboxylic acids is 1. The van der Waals surface area contributed by atoms with Gasteiger partial charge in [-0.05, 0) is 41.1 Å². The molecule has 3 nitrogen and oxygen atoms in total. The van der Waals surface area contributed by atoms with Crippen LogP contribution in [0.1, 0.15) is 15.9 Å². The first-order valence-electron chi connectivity index (χ1n) is 5.63. The van der Waals surface area contributed by atoms with E-state index in [4.69, 9.17) is 11.6 Å². The molecule has 0 radical (unpaired) electrons. The highest BCUT2D eigenvalue weighted by Gasteiger charge is 2.12. The average Bonchev–Trinajstić information content (AvgIpc) is 2.35. The smallest absolute Gasteiger partial charge is 0.253 e. The molecule has 98 valence electrons. The van der Waals surface area contributed by atoms with Crippen molar-refractivity contribution in [2.24, 2.45) is 0 Å². The van der Waals surface area contributed by atoms with E-state index in [1.165, 1.54) is 4.57 Å². The molecule has 5 heteroatoms. The third-order valence-electron chi connectivity index (χ3n) is 2.72. The number of aromatic nitrogens is 1. The Morgan fingerprint density at radius 2 is 2.05 bits per heavy atom. The van der Waals surface area contributed by atoms with Crippen LogP contribution in [0.3, 0.4) is 0 Å². The second-order valence-electron chi connectivity index (χ2n) is 4.18. The van der Waals surface area contributed by atoms with Gasteiger partial charge in [-0.1, -0.05) is 23.7 Å². The average molecular weight is 341 g/mol. The van der Waals surface area contributed by atoms with Crippen LogP contribution in [0.4, 0.5) is 0 Å². The number of rotatable bonds is 3. The molecule has 2 aromatic rings. The molecule has 0 unspecified atom stereocenters. The maximum absolute atomic E-state index is 12.2. The van der Waals surface area contributed by atoms with Crippen LogP contribution < -0.4 is 5.56 Å². The van der Waals surface area contributed by atoms with Gasteiger partial charge in [0.1, 0.15) is 0 Å². The summed E-state index contributed by atoms with van der Waals surface area (Å²) in [6, 6.07) is 8.53. The lowest BCUT2D eigenvalue weighted by molar-refractivity contribution is 0.0971. The Bertz CT molecular complexity index is 694. The lowest BCUT2D eigenvalue weighted by Crippen LogP contribution is -2.25. The monoisotopic (exact) mass is 339 g/mol. The van der Waals surface area contributed by atoms with E-state index in [-0.39, 0.29) is 17.9 Å². The molecule has 0 spiro atoms. The molecule has 1 heterocycles. The van der Waals surface area contributed by atoms with Crippen molar-refractivity contribution in [3.05, 3.63) is 67.5 Å². The van der Waals surface area contributed by atoms with Crippen LogP contribution in [0.2, 0.25) is 5.02 Å². The van der Waals surface area contributed by atoms with Crippen LogP contribution in [0.25, 0.3) is 0 Å². The summed E-state index contributed by atoms with van der Waals surface area (Å²) in [6.45, 7) is 1.69. The Balaban J connectivity index is 2.35. The summed E-state index contributed by atoms with van der Waals surface area (Å²) < 4.78 is 2.14. The third kappa shape index (κ3) is 3.14. The molecule has 0 amide bonds. The Labute approximate surface area is 124 Å². The van der Waals surface area contributed by atoms with Crippen LogP contribution in [0, 0.1) is 6.92 Å². The fraction of sp³-hybridized carbons (Fsp3) is 0.143. The second-order valence-corrected chi connectivity index (χ2v) is 5.50. The first kappa shape index (κ1) is 14.0. The predicted octanol–water partition coefficient (Wildman–Crippen LogP) is 3.46. The summed E-state index contributed by atoms with van der Waals surface area (Å²) in [5.74, 6) is -0.190. The molecule has 0 aliphatic heterocycles. The van der Waals surface area contributed by atoms with Crippen molar-refractivity contribution >= 4 is 33.3 Å². The van der Waals surface area contributed by atoms with Gasteiger partial charge in [-0.3, -0.25) is 9.59 Å². The molecule has 0 saturated carbocycles. The zero-order chi connectivity index (χ0) is 14.0. The van der Waals surface area contributed by atoms with E-state index in [0.29, 0.717) is 16.1 Å². The van der Waals surface area contributed by atoms with Gasteiger partial charge in [0.15, 0.2) is 5.78 Å². The van der Waals surface area contributed by atoms with E-state index in [0.717, 1.165) is 4.47 Å². The maximum Gasteiger partial charge on any atom is 0.253 e. The largest absolute Gasteiger partial charge is 0.306 e. The lowest BCUT2D eigenvalue weighted by atomic mass is 10.1. The van der Waals surface area contributed by atoms with Gasteiger partial charge in [-0.15, -0.1) is 0 Å². The number of carbonyl (C=O) groups is 1. The van der Waals surface area contributed by atoms with E-state index in [2.05, 4.69) is 15.9 Å². The summed E-state index contributed by atoms with van der Waals surface area (Å²) in [5.41, 5.74) is 0.832. The number of ketones is 1. The molecular weight excluding hydrogens is 330 g/mol. The van der Waals surface area contributed by atoms with Crippen molar-refractivity contribution in [2.75, 3.05) is 0 Å². The molecular formula is C14H11BrClNO2. The zero-order valence-electron chi connectivity index (χ0n) is 10.2. The van der Waals surface area contributed by atoms with Crippen LogP contribution in [0.15, 0.2) is 45.8 Å². The van der Waals surface area contributed by atoms with Gasteiger partial charge in [-0.25, -0.2) is 0 Å². The lowest BCUT2D eigenvalue weighted by Gasteiger charge is -2.08. The summed E-state index contributed by atoms with van der Waals surface area (Å²) in [6.07, 6.45) is 1.60.